The number of hydrogen-bond acceptors (Lipinski definition) is 4. The number of hydrogen-bond donors (Lipinski definition) is 2. The number of sulfonamides is 1. The predicted molar refractivity (Wildman–Crippen MR) is 74.4 cm³/mol. The van der Waals surface area contributed by atoms with E-state index in [4.69, 9.17) is 5.14 Å². The van der Waals surface area contributed by atoms with Gasteiger partial charge in [0, 0.05) is 11.4 Å². The quantitative estimate of drug-likeness (QED) is 0.857. The molecule has 0 spiro atoms. The maximum atomic E-state index is 11.7. The minimum absolute atomic E-state index is 0.0604. The van der Waals surface area contributed by atoms with Gasteiger partial charge in [0.1, 0.15) is 4.21 Å². The molecule has 19 heavy (non-hydrogen) atoms. The van der Waals surface area contributed by atoms with Crippen molar-refractivity contribution in [1.82, 2.24) is 5.32 Å². The molecule has 106 valence electrons. The first-order chi connectivity index (χ1) is 8.95. The molecule has 5 nitrogen and oxygen atoms in total. The Morgan fingerprint density at radius 3 is 2.63 bits per heavy atom. The summed E-state index contributed by atoms with van der Waals surface area (Å²) in [5.41, 5.74) is 0. The van der Waals surface area contributed by atoms with Gasteiger partial charge in [0.25, 0.3) is 0 Å². The first kappa shape index (κ1) is 14.5. The van der Waals surface area contributed by atoms with Gasteiger partial charge in [0.05, 0.1) is 6.42 Å². The van der Waals surface area contributed by atoms with Crippen molar-refractivity contribution in [2.75, 3.05) is 6.54 Å². The first-order valence-corrected chi connectivity index (χ1v) is 8.69. The molecular weight excluding hydrogens is 284 g/mol. The van der Waals surface area contributed by atoms with E-state index in [2.05, 4.69) is 5.32 Å². The average molecular weight is 302 g/mol. The molecule has 7 heteroatoms. The van der Waals surface area contributed by atoms with Gasteiger partial charge in [-0.15, -0.1) is 11.3 Å². The molecule has 0 bridgehead atoms. The number of nitrogens with one attached hydrogen (secondary N) is 1. The van der Waals surface area contributed by atoms with Crippen LogP contribution in [-0.2, 0) is 21.2 Å². The molecule has 1 heterocycles. The van der Waals surface area contributed by atoms with Crippen molar-refractivity contribution in [3.8, 4) is 0 Å². The molecular formula is C12H18N2O3S2. The summed E-state index contributed by atoms with van der Waals surface area (Å²) in [5, 5.41) is 7.93. The van der Waals surface area contributed by atoms with E-state index in [1.807, 2.05) is 0 Å². The van der Waals surface area contributed by atoms with E-state index >= 15 is 0 Å². The number of carbonyl (C=O) groups excluding carboxylic acids is 1. The lowest BCUT2D eigenvalue weighted by molar-refractivity contribution is -0.120. The molecule has 1 aromatic heterocycles. The first-order valence-electron chi connectivity index (χ1n) is 6.33. The van der Waals surface area contributed by atoms with Crippen molar-refractivity contribution >= 4 is 27.3 Å². The molecule has 0 atom stereocenters. The zero-order valence-corrected chi connectivity index (χ0v) is 12.2. The van der Waals surface area contributed by atoms with E-state index in [9.17, 15) is 13.2 Å². The van der Waals surface area contributed by atoms with Gasteiger partial charge in [-0.3, -0.25) is 4.79 Å². The van der Waals surface area contributed by atoms with E-state index < -0.39 is 10.0 Å². The third-order valence-corrected chi connectivity index (χ3v) is 5.84. The topological polar surface area (TPSA) is 89.3 Å². The van der Waals surface area contributed by atoms with Crippen LogP contribution in [0.5, 0.6) is 0 Å². The standard InChI is InChI=1S/C12H18N2O3S2/c13-19(16,17)12-6-5-10(18-12)7-11(15)14-8-9-3-1-2-4-9/h5-6,9H,1-4,7-8H2,(H,14,15)(H2,13,16,17). The molecule has 1 saturated carbocycles. The molecule has 1 amide bonds. The third-order valence-electron chi connectivity index (χ3n) is 3.31. The lowest BCUT2D eigenvalue weighted by Gasteiger charge is -2.09. The van der Waals surface area contributed by atoms with E-state index in [-0.39, 0.29) is 16.5 Å². The Bertz CT molecular complexity index is 545. The highest BCUT2D eigenvalue weighted by Gasteiger charge is 2.17. The second-order valence-corrected chi connectivity index (χ2v) is 7.85. The summed E-state index contributed by atoms with van der Waals surface area (Å²) >= 11 is 1.05. The summed E-state index contributed by atoms with van der Waals surface area (Å²) in [6.45, 7) is 0.728. The van der Waals surface area contributed by atoms with Gasteiger partial charge in [-0.05, 0) is 30.9 Å². The highest BCUT2D eigenvalue weighted by molar-refractivity contribution is 7.91. The highest BCUT2D eigenvalue weighted by atomic mass is 32.2. The molecule has 1 aliphatic carbocycles. The van der Waals surface area contributed by atoms with Crippen LogP contribution in [-0.4, -0.2) is 20.9 Å². The minimum Gasteiger partial charge on any atom is -0.356 e. The lowest BCUT2D eigenvalue weighted by Crippen LogP contribution is -2.29. The minimum atomic E-state index is -3.66. The van der Waals surface area contributed by atoms with Crippen LogP contribution in [0.4, 0.5) is 0 Å². The maximum absolute atomic E-state index is 11.7. The van der Waals surface area contributed by atoms with Gasteiger partial charge in [-0.2, -0.15) is 0 Å². The van der Waals surface area contributed by atoms with Crippen molar-refractivity contribution in [3.63, 3.8) is 0 Å². The second-order valence-electron chi connectivity index (χ2n) is 4.90. The molecule has 0 unspecified atom stereocenters. The zero-order valence-electron chi connectivity index (χ0n) is 10.6. The molecule has 0 radical (unpaired) electrons. The number of thiophene rings is 1. The Morgan fingerprint density at radius 1 is 1.37 bits per heavy atom. The zero-order chi connectivity index (χ0) is 13.9. The van der Waals surface area contributed by atoms with Crippen molar-refractivity contribution in [3.05, 3.63) is 17.0 Å². The van der Waals surface area contributed by atoms with Crippen molar-refractivity contribution in [2.24, 2.45) is 11.1 Å². The third kappa shape index (κ3) is 4.29. The Morgan fingerprint density at radius 2 is 2.05 bits per heavy atom. The van der Waals surface area contributed by atoms with Gasteiger partial charge in [-0.1, -0.05) is 12.8 Å². The van der Waals surface area contributed by atoms with Gasteiger partial charge < -0.3 is 5.32 Å². The molecule has 1 fully saturated rings. The van der Waals surface area contributed by atoms with Crippen LogP contribution >= 0.6 is 11.3 Å². The SMILES string of the molecule is NS(=O)(=O)c1ccc(CC(=O)NCC2CCCC2)s1. The van der Waals surface area contributed by atoms with E-state index in [0.717, 1.165) is 17.9 Å². The van der Waals surface area contributed by atoms with Crippen molar-refractivity contribution in [1.29, 1.82) is 0 Å². The Kier molecular flexibility index (Phi) is 4.59. The fraction of sp³-hybridized carbons (Fsp3) is 0.583. The molecule has 0 aromatic carbocycles. The Balaban J connectivity index is 1.83. The summed E-state index contributed by atoms with van der Waals surface area (Å²) < 4.78 is 22.3. The normalized spacial score (nSPS) is 16.7. The summed E-state index contributed by atoms with van der Waals surface area (Å²) in [6.07, 6.45) is 5.10. The van der Waals surface area contributed by atoms with Gasteiger partial charge in [-0.25, -0.2) is 13.6 Å². The smallest absolute Gasteiger partial charge is 0.247 e. The molecule has 0 saturated heterocycles. The number of primary sulfonamides is 1. The fourth-order valence-corrected chi connectivity index (χ4v) is 4.08. The van der Waals surface area contributed by atoms with Crippen LogP contribution in [0.2, 0.25) is 0 Å². The predicted octanol–water partition coefficient (Wildman–Crippen LogP) is 1.24. The van der Waals surface area contributed by atoms with Crippen LogP contribution in [0.1, 0.15) is 30.6 Å². The van der Waals surface area contributed by atoms with Crippen LogP contribution in [0.15, 0.2) is 16.3 Å². The lowest BCUT2D eigenvalue weighted by atomic mass is 10.1. The van der Waals surface area contributed by atoms with Crippen LogP contribution < -0.4 is 10.5 Å². The number of carbonyl (C=O) groups is 1. The Hall–Kier alpha value is -0.920. The van der Waals surface area contributed by atoms with Crippen molar-refractivity contribution < 1.29 is 13.2 Å². The number of nitrogens with two attached hydrogens (primary N) is 1. The maximum Gasteiger partial charge on any atom is 0.247 e. The van der Waals surface area contributed by atoms with Gasteiger partial charge in [0.15, 0.2) is 0 Å². The summed E-state index contributed by atoms with van der Waals surface area (Å²) in [5.74, 6) is 0.544. The van der Waals surface area contributed by atoms with Crippen LogP contribution in [0, 0.1) is 5.92 Å². The van der Waals surface area contributed by atoms with E-state index in [0.29, 0.717) is 10.8 Å². The van der Waals surface area contributed by atoms with Gasteiger partial charge >= 0.3 is 0 Å². The molecule has 0 aliphatic heterocycles. The van der Waals surface area contributed by atoms with Crippen molar-refractivity contribution in [2.45, 2.75) is 36.3 Å². The monoisotopic (exact) mass is 302 g/mol. The average Bonchev–Trinajstić information content (AvgIpc) is 2.95. The highest BCUT2D eigenvalue weighted by Crippen LogP contribution is 2.24. The van der Waals surface area contributed by atoms with Crippen LogP contribution in [0.3, 0.4) is 0 Å². The molecule has 1 aromatic rings. The molecule has 1 aliphatic rings. The Labute approximate surface area is 117 Å². The molecule has 3 N–H and O–H groups in total. The van der Waals surface area contributed by atoms with Gasteiger partial charge in [0.2, 0.25) is 15.9 Å². The summed E-state index contributed by atoms with van der Waals surface area (Å²) in [6, 6.07) is 3.08. The second kappa shape index (κ2) is 6.02. The molecule has 2 rings (SSSR count). The van der Waals surface area contributed by atoms with E-state index in [1.54, 1.807) is 6.07 Å². The van der Waals surface area contributed by atoms with E-state index in [1.165, 1.54) is 31.7 Å². The summed E-state index contributed by atoms with van der Waals surface area (Å²) in [4.78, 5) is 12.5. The number of amides is 1. The fourth-order valence-electron chi connectivity index (χ4n) is 2.30. The largest absolute Gasteiger partial charge is 0.356 e. The number of rotatable bonds is 5. The summed E-state index contributed by atoms with van der Waals surface area (Å²) in [7, 11) is -3.66. The van der Waals surface area contributed by atoms with Crippen LogP contribution in [0.25, 0.3) is 0 Å².